The van der Waals surface area contributed by atoms with E-state index in [0.717, 1.165) is 42.5 Å². The third-order valence-electron chi connectivity index (χ3n) is 6.61. The summed E-state index contributed by atoms with van der Waals surface area (Å²) in [5.41, 5.74) is 4.14. The summed E-state index contributed by atoms with van der Waals surface area (Å²) in [5, 5.41) is 7.58. The van der Waals surface area contributed by atoms with Crippen molar-refractivity contribution in [3.8, 4) is 0 Å². The molecule has 35 heavy (non-hydrogen) atoms. The van der Waals surface area contributed by atoms with Crippen LogP contribution in [0.15, 0.2) is 24.3 Å². The van der Waals surface area contributed by atoms with Crippen molar-refractivity contribution in [2.24, 2.45) is 0 Å². The first kappa shape index (κ1) is 25.0. The highest BCUT2D eigenvalue weighted by Gasteiger charge is 2.29. The van der Waals surface area contributed by atoms with Gasteiger partial charge in [-0.1, -0.05) is 19.9 Å². The summed E-state index contributed by atoms with van der Waals surface area (Å²) in [5.74, 6) is 0.323. The van der Waals surface area contributed by atoms with Gasteiger partial charge in [-0.2, -0.15) is 5.10 Å². The minimum atomic E-state index is -2.55. The van der Waals surface area contributed by atoms with E-state index in [1.54, 1.807) is 26.1 Å². The average molecular weight is 486 g/mol. The van der Waals surface area contributed by atoms with Gasteiger partial charge < -0.3 is 15.0 Å². The normalized spacial score (nSPS) is 16.1. The Balaban J connectivity index is 0.00000141. The Bertz CT molecular complexity index is 1200. The molecule has 1 fully saturated rings. The number of anilines is 2. The molecule has 0 spiro atoms. The van der Waals surface area contributed by atoms with Crippen molar-refractivity contribution in [3.05, 3.63) is 46.6 Å². The summed E-state index contributed by atoms with van der Waals surface area (Å²) in [4.78, 5) is 19.0. The minimum Gasteiger partial charge on any atom is -0.381 e. The van der Waals surface area contributed by atoms with Gasteiger partial charge in [0.2, 0.25) is 0 Å². The second-order valence-corrected chi connectivity index (χ2v) is 8.65. The van der Waals surface area contributed by atoms with E-state index in [9.17, 15) is 13.6 Å². The molecule has 0 atom stereocenters. The van der Waals surface area contributed by atoms with Crippen molar-refractivity contribution < 1.29 is 18.3 Å². The number of hydrogen-bond acceptors (Lipinski definition) is 5. The number of pyridine rings is 1. The zero-order chi connectivity index (χ0) is 25.1. The number of ether oxygens (including phenoxy) is 1. The molecule has 1 aromatic carbocycles. The fraction of sp³-hybridized carbons (Fsp3) is 0.500. The van der Waals surface area contributed by atoms with Crippen LogP contribution in [0.3, 0.4) is 0 Å². The molecule has 1 saturated heterocycles. The Morgan fingerprint density at radius 1 is 1.20 bits per heavy atom. The number of amides is 1. The van der Waals surface area contributed by atoms with Crippen molar-refractivity contribution >= 4 is 28.4 Å². The van der Waals surface area contributed by atoms with E-state index in [1.807, 2.05) is 35.6 Å². The molecule has 9 heteroatoms. The lowest BCUT2D eigenvalue weighted by atomic mass is 9.96. The minimum absolute atomic E-state index is 0.0350. The summed E-state index contributed by atoms with van der Waals surface area (Å²) >= 11 is 0. The Morgan fingerprint density at radius 3 is 2.63 bits per heavy atom. The molecule has 2 aliphatic rings. The summed E-state index contributed by atoms with van der Waals surface area (Å²) < 4.78 is 34.9. The van der Waals surface area contributed by atoms with Crippen LogP contribution in [0.5, 0.6) is 0 Å². The number of alkyl halides is 2. The number of aryl methyl sites for hydroxylation is 2. The number of nitrogens with one attached hydrogen (secondary N) is 1. The molecule has 188 valence electrons. The van der Waals surface area contributed by atoms with Gasteiger partial charge in [-0.15, -0.1) is 0 Å². The predicted molar refractivity (Wildman–Crippen MR) is 133 cm³/mol. The molecule has 0 saturated carbocycles. The molecule has 2 aliphatic heterocycles. The molecule has 0 bridgehead atoms. The number of fused-ring (bicyclic) bond motifs is 2. The third kappa shape index (κ3) is 4.74. The maximum Gasteiger partial charge on any atom is 0.269 e. The molecule has 2 aromatic heterocycles. The molecule has 3 aromatic rings. The highest BCUT2D eigenvalue weighted by Crippen LogP contribution is 2.40. The van der Waals surface area contributed by atoms with Gasteiger partial charge in [0.25, 0.3) is 12.3 Å². The van der Waals surface area contributed by atoms with E-state index in [-0.39, 0.29) is 17.5 Å². The summed E-state index contributed by atoms with van der Waals surface area (Å²) in [7, 11) is 1.57. The molecule has 4 heterocycles. The predicted octanol–water partition coefficient (Wildman–Crippen LogP) is 5.50. The molecular weight excluding hydrogens is 452 g/mol. The first-order valence-electron chi connectivity index (χ1n) is 12.4. The average Bonchev–Trinajstić information content (AvgIpc) is 3.27. The maximum absolute atomic E-state index is 13.7. The molecular formula is C26H33F2N5O2. The number of aromatic nitrogens is 3. The monoisotopic (exact) mass is 485 g/mol. The standard InChI is InChI=1S/C24H27F2N5O2.C2H6/c1-14-12-15-4-3-9-30(20(15)13-17(14)22(25)26)23-21-19(6-5-18(28-21)24(32)27-2)31(29-23)16-7-10-33-11-8-16;1-2/h5-6,12-13,16,22H,3-4,7-11H2,1-2H3,(H,27,32);1-2H3. The van der Waals surface area contributed by atoms with Crippen LogP contribution in [0.1, 0.15) is 72.8 Å². The topological polar surface area (TPSA) is 72.3 Å². The highest BCUT2D eigenvalue weighted by atomic mass is 19.3. The van der Waals surface area contributed by atoms with Gasteiger partial charge in [-0.25, -0.2) is 13.8 Å². The zero-order valence-electron chi connectivity index (χ0n) is 20.8. The third-order valence-corrected chi connectivity index (χ3v) is 6.61. The van der Waals surface area contributed by atoms with Gasteiger partial charge in [0.05, 0.1) is 11.6 Å². The summed E-state index contributed by atoms with van der Waals surface area (Å²) in [6, 6.07) is 7.19. The van der Waals surface area contributed by atoms with Crippen LogP contribution in [0.2, 0.25) is 0 Å². The first-order valence-corrected chi connectivity index (χ1v) is 12.4. The largest absolute Gasteiger partial charge is 0.381 e. The van der Waals surface area contributed by atoms with E-state index in [4.69, 9.17) is 9.84 Å². The van der Waals surface area contributed by atoms with Crippen LogP contribution in [-0.2, 0) is 11.2 Å². The van der Waals surface area contributed by atoms with Gasteiger partial charge in [-0.05, 0) is 61.9 Å². The van der Waals surface area contributed by atoms with Crippen molar-refractivity contribution in [1.29, 1.82) is 0 Å². The van der Waals surface area contributed by atoms with Crippen molar-refractivity contribution in [2.45, 2.75) is 58.9 Å². The van der Waals surface area contributed by atoms with E-state index in [0.29, 0.717) is 42.4 Å². The highest BCUT2D eigenvalue weighted by molar-refractivity contribution is 5.97. The summed E-state index contributed by atoms with van der Waals surface area (Å²) in [6.45, 7) is 7.70. The van der Waals surface area contributed by atoms with Gasteiger partial charge >= 0.3 is 0 Å². The van der Waals surface area contributed by atoms with Crippen LogP contribution >= 0.6 is 0 Å². The van der Waals surface area contributed by atoms with E-state index < -0.39 is 6.43 Å². The second-order valence-electron chi connectivity index (χ2n) is 8.65. The van der Waals surface area contributed by atoms with E-state index >= 15 is 0 Å². The number of carbonyl (C=O) groups excluding carboxylic acids is 1. The van der Waals surface area contributed by atoms with Crippen LogP contribution in [0.4, 0.5) is 20.3 Å². The number of hydrogen-bond donors (Lipinski definition) is 1. The molecule has 0 radical (unpaired) electrons. The molecule has 7 nitrogen and oxygen atoms in total. The SMILES string of the molecule is CC.CNC(=O)c1ccc2c(n1)c(N1CCCc3cc(C)c(C(F)F)cc31)nn2C1CCOCC1. The number of rotatable bonds is 4. The number of nitrogens with zero attached hydrogens (tertiary/aromatic N) is 4. The zero-order valence-corrected chi connectivity index (χ0v) is 20.8. The smallest absolute Gasteiger partial charge is 0.269 e. The van der Waals surface area contributed by atoms with Crippen molar-refractivity contribution in [1.82, 2.24) is 20.1 Å². The lowest BCUT2D eigenvalue weighted by molar-refractivity contribution is 0.0675. The van der Waals surface area contributed by atoms with Gasteiger partial charge in [0.1, 0.15) is 11.2 Å². The van der Waals surface area contributed by atoms with E-state index in [1.165, 1.54) is 0 Å². The van der Waals surface area contributed by atoms with Crippen molar-refractivity contribution in [2.75, 3.05) is 31.7 Å². The molecule has 0 unspecified atom stereocenters. The summed E-state index contributed by atoms with van der Waals surface area (Å²) in [6.07, 6.45) is 0.818. The molecule has 0 aliphatic carbocycles. The first-order chi connectivity index (χ1) is 17.0. The Kier molecular flexibility index (Phi) is 7.64. The van der Waals surface area contributed by atoms with Crippen LogP contribution < -0.4 is 10.2 Å². The Hall–Kier alpha value is -3.07. The number of halogens is 2. The fourth-order valence-corrected chi connectivity index (χ4v) is 4.88. The molecule has 5 rings (SSSR count). The van der Waals surface area contributed by atoms with Crippen LogP contribution in [0.25, 0.3) is 11.0 Å². The maximum atomic E-state index is 13.7. The lowest BCUT2D eigenvalue weighted by Crippen LogP contribution is -2.26. The van der Waals surface area contributed by atoms with Crippen LogP contribution in [0, 0.1) is 6.92 Å². The molecule has 1 N–H and O–H groups in total. The Morgan fingerprint density at radius 2 is 1.94 bits per heavy atom. The van der Waals surface area contributed by atoms with Gasteiger partial charge in [0.15, 0.2) is 5.82 Å². The lowest BCUT2D eigenvalue weighted by Gasteiger charge is -2.31. The van der Waals surface area contributed by atoms with E-state index in [2.05, 4.69) is 10.3 Å². The second kappa shape index (κ2) is 10.7. The Labute approximate surface area is 204 Å². The van der Waals surface area contributed by atoms with Crippen LogP contribution in [-0.4, -0.2) is 47.5 Å². The molecule has 1 amide bonds. The fourth-order valence-electron chi connectivity index (χ4n) is 4.88. The number of benzene rings is 1. The van der Waals surface area contributed by atoms with Gasteiger partial charge in [0, 0.05) is 38.1 Å². The number of carbonyl (C=O) groups is 1. The van der Waals surface area contributed by atoms with Crippen molar-refractivity contribution in [3.63, 3.8) is 0 Å². The quantitative estimate of drug-likeness (QED) is 0.528. The van der Waals surface area contributed by atoms with Gasteiger partial charge in [-0.3, -0.25) is 9.48 Å².